The first-order chi connectivity index (χ1) is 27.1. The average molecular weight is 814 g/mol. The summed E-state index contributed by atoms with van der Waals surface area (Å²) in [4.78, 5) is 49.4. The smallest absolute Gasteiger partial charge is 0.410 e. The van der Waals surface area contributed by atoms with E-state index in [0.717, 1.165) is 11.1 Å². The Morgan fingerprint density at radius 2 is 1.68 bits per heavy atom. The first kappa shape index (κ1) is 40.2. The number of nitrogens with one attached hydrogen (secondary N) is 2. The largest absolute Gasteiger partial charge is 0.481 e. The van der Waals surface area contributed by atoms with Crippen LogP contribution in [0.1, 0.15) is 64.6 Å². The van der Waals surface area contributed by atoms with Crippen molar-refractivity contribution in [2.24, 2.45) is 0 Å². The van der Waals surface area contributed by atoms with Crippen molar-refractivity contribution in [3.63, 3.8) is 0 Å². The lowest BCUT2D eigenvalue weighted by molar-refractivity contribution is -0.119. The summed E-state index contributed by atoms with van der Waals surface area (Å²) in [5.41, 5.74) is 4.34. The summed E-state index contributed by atoms with van der Waals surface area (Å²) in [5.74, 6) is 0.278. The molecule has 3 aromatic heterocycles. The maximum absolute atomic E-state index is 13.3. The quantitative estimate of drug-likeness (QED) is 0.124. The lowest BCUT2D eigenvalue weighted by Crippen LogP contribution is -2.51. The van der Waals surface area contributed by atoms with E-state index >= 15 is 0 Å². The van der Waals surface area contributed by atoms with Crippen LogP contribution in [0.25, 0.3) is 39.2 Å². The first-order valence-electron chi connectivity index (χ1n) is 18.9. The molecule has 1 aliphatic heterocycles. The summed E-state index contributed by atoms with van der Waals surface area (Å²) < 4.78 is 12.9. The predicted octanol–water partition coefficient (Wildman–Crippen LogP) is 7.42. The predicted molar refractivity (Wildman–Crippen MR) is 220 cm³/mol. The zero-order valence-electron chi connectivity index (χ0n) is 32.6. The number of rotatable bonds is 11. The van der Waals surface area contributed by atoms with Crippen molar-refractivity contribution in [1.29, 1.82) is 0 Å². The third kappa shape index (κ3) is 9.10. The molecule has 12 nitrogen and oxygen atoms in total. The highest BCUT2D eigenvalue weighted by atomic mass is 35.5. The molecular formula is C43H46Cl2N6O6. The van der Waals surface area contributed by atoms with Crippen LogP contribution in [0, 0.1) is 0 Å². The van der Waals surface area contributed by atoms with E-state index in [0.29, 0.717) is 87.4 Å². The van der Waals surface area contributed by atoms with Crippen LogP contribution in [0.2, 0.25) is 10.0 Å². The molecule has 1 saturated carbocycles. The molecular weight excluding hydrogens is 767 g/mol. The number of aromatic nitrogens is 3. The summed E-state index contributed by atoms with van der Waals surface area (Å²) in [6.07, 6.45) is 3.54. The Labute approximate surface area is 341 Å². The number of hydrogen-bond donors (Lipinski definition) is 3. The van der Waals surface area contributed by atoms with Crippen molar-refractivity contribution < 1.29 is 24.2 Å². The second-order valence-corrected chi connectivity index (χ2v) is 16.8. The van der Waals surface area contributed by atoms with Gasteiger partial charge in [0.05, 0.1) is 40.7 Å². The van der Waals surface area contributed by atoms with Crippen LogP contribution in [0.5, 0.6) is 5.88 Å². The van der Waals surface area contributed by atoms with E-state index in [9.17, 15) is 19.5 Å². The number of fused-ring (bicyclic) bond motifs is 1. The van der Waals surface area contributed by atoms with E-state index in [2.05, 4.69) is 10.6 Å². The number of pyridine rings is 2. The Kier molecular flexibility index (Phi) is 11.3. The molecule has 1 saturated heterocycles. The van der Waals surface area contributed by atoms with Crippen LogP contribution >= 0.6 is 23.2 Å². The number of benzene rings is 2. The maximum atomic E-state index is 13.3. The highest BCUT2D eigenvalue weighted by molar-refractivity contribution is 6.39. The Morgan fingerprint density at radius 1 is 1.00 bits per heavy atom. The lowest BCUT2D eigenvalue weighted by Gasteiger charge is -2.41. The Balaban J connectivity index is 1.15. The zero-order chi connectivity index (χ0) is 40.6. The van der Waals surface area contributed by atoms with Gasteiger partial charge in [-0.05, 0) is 76.8 Å². The highest BCUT2D eigenvalue weighted by Crippen LogP contribution is 2.42. The third-order valence-electron chi connectivity index (χ3n) is 10.2. The molecule has 2 aromatic carbocycles. The second-order valence-electron chi connectivity index (χ2n) is 16.1. The van der Waals surface area contributed by atoms with E-state index < -0.39 is 17.3 Å². The van der Waals surface area contributed by atoms with Gasteiger partial charge in [0, 0.05) is 71.7 Å². The fourth-order valence-corrected chi connectivity index (χ4v) is 8.10. The van der Waals surface area contributed by atoms with Crippen LogP contribution in [-0.4, -0.2) is 73.3 Å². The number of halogens is 2. The van der Waals surface area contributed by atoms with Crippen LogP contribution in [-0.2, 0) is 22.6 Å². The van der Waals surface area contributed by atoms with Crippen molar-refractivity contribution in [3.05, 3.63) is 105 Å². The molecule has 2 amide bonds. The topological polar surface area (TPSA) is 147 Å². The van der Waals surface area contributed by atoms with Gasteiger partial charge in [-0.2, -0.15) is 0 Å². The molecule has 298 valence electrons. The SMILES string of the molecule is COc1nc(-c2cccc(-c3cccc(-c4ccn5c(=O)cc(CNC6CC(C)(O)C6)nc5c4)c3Cl)c2Cl)ccc1CN(C[C@@H]1CCC(=O)N1)C(=O)OC(C)(C)C. The van der Waals surface area contributed by atoms with E-state index in [-0.39, 0.29) is 36.6 Å². The van der Waals surface area contributed by atoms with Gasteiger partial charge in [0.25, 0.3) is 5.56 Å². The van der Waals surface area contributed by atoms with E-state index in [1.807, 2.05) is 88.4 Å². The van der Waals surface area contributed by atoms with Crippen LogP contribution in [0.3, 0.4) is 0 Å². The lowest BCUT2D eigenvalue weighted by atomic mass is 9.77. The van der Waals surface area contributed by atoms with Crippen molar-refractivity contribution in [2.45, 2.75) is 89.8 Å². The molecule has 0 spiro atoms. The number of methoxy groups -OCH3 is 1. The van der Waals surface area contributed by atoms with Crippen LogP contribution in [0.15, 0.2) is 77.7 Å². The molecule has 14 heteroatoms. The van der Waals surface area contributed by atoms with Crippen molar-refractivity contribution in [2.75, 3.05) is 13.7 Å². The number of aliphatic hydroxyl groups is 1. The number of hydrogen-bond acceptors (Lipinski definition) is 9. The van der Waals surface area contributed by atoms with Crippen LogP contribution in [0.4, 0.5) is 4.79 Å². The number of ether oxygens (including phenoxy) is 2. The van der Waals surface area contributed by atoms with Gasteiger partial charge in [-0.1, -0.05) is 59.6 Å². The van der Waals surface area contributed by atoms with Crippen molar-refractivity contribution in [1.82, 2.24) is 29.9 Å². The molecule has 57 heavy (non-hydrogen) atoms. The minimum atomic E-state index is -0.708. The van der Waals surface area contributed by atoms with Gasteiger partial charge in [0.15, 0.2) is 0 Å². The fraction of sp³-hybridized carbons (Fsp3) is 0.372. The van der Waals surface area contributed by atoms with Gasteiger partial charge < -0.3 is 30.1 Å². The standard InChI is InChI=1S/C43H46Cl2N6O6/c1-42(2,3)57-41(54)50(24-27-13-15-36(52)48-27)23-26-12-14-34(49-40(26)56-5)33-11-7-10-32(39(33)45)31-9-6-8-30(38(31)44)25-16-17-51-35(18-25)47-28(19-37(51)53)22-46-29-20-43(4,55)21-29/h6-12,14,16-19,27,29,46,55H,13,15,20-24H2,1-5H3,(H,48,52)/t27-,29?,43?/m0/s1. The van der Waals surface area contributed by atoms with E-state index in [4.69, 9.17) is 42.6 Å². The van der Waals surface area contributed by atoms with Gasteiger partial charge in [-0.15, -0.1) is 0 Å². The summed E-state index contributed by atoms with van der Waals surface area (Å²) in [6.45, 7) is 8.08. The number of nitrogens with zero attached hydrogens (tertiary/aromatic N) is 4. The number of amides is 2. The fourth-order valence-electron chi connectivity index (χ4n) is 7.44. The minimum Gasteiger partial charge on any atom is -0.481 e. The molecule has 5 aromatic rings. The summed E-state index contributed by atoms with van der Waals surface area (Å²) in [5, 5.41) is 17.3. The highest BCUT2D eigenvalue weighted by Gasteiger charge is 2.38. The zero-order valence-corrected chi connectivity index (χ0v) is 34.1. The average Bonchev–Trinajstić information content (AvgIpc) is 3.56. The van der Waals surface area contributed by atoms with Crippen molar-refractivity contribution >= 4 is 40.8 Å². The number of carbonyl (C=O) groups is 2. The summed E-state index contributed by atoms with van der Waals surface area (Å²) in [6, 6.07) is 20.2. The normalized spacial score (nSPS) is 19.3. The molecule has 1 aliphatic carbocycles. The molecule has 2 fully saturated rings. The monoisotopic (exact) mass is 812 g/mol. The summed E-state index contributed by atoms with van der Waals surface area (Å²) in [7, 11) is 1.52. The molecule has 0 unspecified atom stereocenters. The molecule has 1 atom stereocenters. The van der Waals surface area contributed by atoms with Gasteiger partial charge in [0.1, 0.15) is 11.2 Å². The van der Waals surface area contributed by atoms with E-state index in [1.54, 1.807) is 11.1 Å². The summed E-state index contributed by atoms with van der Waals surface area (Å²) >= 11 is 14.3. The Hall–Kier alpha value is -5.01. The third-order valence-corrected chi connectivity index (χ3v) is 11.0. The molecule has 0 bridgehead atoms. The Bertz CT molecular complexity index is 2400. The molecule has 4 heterocycles. The minimum absolute atomic E-state index is 0.0386. The van der Waals surface area contributed by atoms with Crippen molar-refractivity contribution in [3.8, 4) is 39.4 Å². The maximum Gasteiger partial charge on any atom is 0.410 e. The first-order valence-corrected chi connectivity index (χ1v) is 19.7. The van der Waals surface area contributed by atoms with Gasteiger partial charge in [-0.3, -0.25) is 14.0 Å². The second kappa shape index (κ2) is 16.1. The van der Waals surface area contributed by atoms with Crippen LogP contribution < -0.4 is 20.9 Å². The van der Waals surface area contributed by atoms with Gasteiger partial charge in [0.2, 0.25) is 11.8 Å². The van der Waals surface area contributed by atoms with Gasteiger partial charge in [-0.25, -0.2) is 14.8 Å². The molecule has 0 radical (unpaired) electrons. The molecule has 7 rings (SSSR count). The molecule has 2 aliphatic rings. The Morgan fingerprint density at radius 3 is 2.33 bits per heavy atom. The molecule has 3 N–H and O–H groups in total. The van der Waals surface area contributed by atoms with Gasteiger partial charge >= 0.3 is 6.09 Å². The van der Waals surface area contributed by atoms with E-state index in [1.165, 1.54) is 17.6 Å². The number of carbonyl (C=O) groups excluding carboxylic acids is 2.